The third-order valence-corrected chi connectivity index (χ3v) is 3.43. The van der Waals surface area contributed by atoms with E-state index >= 15 is 0 Å². The van der Waals surface area contributed by atoms with Crippen molar-refractivity contribution in [2.75, 3.05) is 26.5 Å². The fourth-order valence-corrected chi connectivity index (χ4v) is 2.27. The molecule has 3 nitrogen and oxygen atoms in total. The number of rotatable bonds is 7. The Morgan fingerprint density at radius 1 is 1.20 bits per heavy atom. The molecule has 0 atom stereocenters. The predicted octanol–water partition coefficient (Wildman–Crippen LogP) is 3.89. The van der Waals surface area contributed by atoms with Crippen LogP contribution in [0.5, 0.6) is 5.75 Å². The lowest BCUT2D eigenvalue weighted by molar-refractivity contribution is -0.206. The van der Waals surface area contributed by atoms with Crippen LogP contribution in [0.3, 0.4) is 0 Å². The number of unbranched alkanes of at least 4 members (excludes halogenated alkanes) is 1. The van der Waals surface area contributed by atoms with Crippen LogP contribution in [-0.4, -0.2) is 26.5 Å². The molecule has 1 aliphatic heterocycles. The van der Waals surface area contributed by atoms with Crippen LogP contribution in [-0.2, 0) is 9.47 Å². The van der Waals surface area contributed by atoms with Crippen molar-refractivity contribution < 1.29 is 18.6 Å². The van der Waals surface area contributed by atoms with E-state index in [9.17, 15) is 4.39 Å². The summed E-state index contributed by atoms with van der Waals surface area (Å²) in [5, 5.41) is 0. The molecule has 0 unspecified atom stereocenters. The van der Waals surface area contributed by atoms with E-state index in [0.29, 0.717) is 11.7 Å². The lowest BCUT2D eigenvalue weighted by atomic mass is 10.0. The van der Waals surface area contributed by atoms with E-state index in [-0.39, 0.29) is 12.9 Å². The molecule has 0 bridgehead atoms. The summed E-state index contributed by atoms with van der Waals surface area (Å²) in [6, 6.07) is 7.46. The van der Waals surface area contributed by atoms with Gasteiger partial charge in [0.25, 0.3) is 0 Å². The smallest absolute Gasteiger partial charge is 0.183 e. The van der Waals surface area contributed by atoms with Gasteiger partial charge in [0.05, 0.1) is 13.2 Å². The first-order valence-electron chi connectivity index (χ1n) is 7.35. The highest BCUT2D eigenvalue weighted by Crippen LogP contribution is 2.28. The normalized spacial score (nSPS) is 22.7. The van der Waals surface area contributed by atoms with Crippen molar-refractivity contribution in [3.05, 3.63) is 29.8 Å². The van der Waals surface area contributed by atoms with Crippen LogP contribution < -0.4 is 4.74 Å². The Kier molecular flexibility index (Phi) is 6.27. The first kappa shape index (κ1) is 15.3. The van der Waals surface area contributed by atoms with Crippen molar-refractivity contribution in [1.82, 2.24) is 0 Å². The van der Waals surface area contributed by atoms with Crippen LogP contribution in [0.4, 0.5) is 4.39 Å². The van der Waals surface area contributed by atoms with Gasteiger partial charge in [-0.2, -0.15) is 0 Å². The van der Waals surface area contributed by atoms with E-state index < -0.39 is 6.67 Å². The minimum atomic E-state index is -0.476. The molecule has 1 aromatic rings. The Morgan fingerprint density at radius 3 is 2.50 bits per heavy atom. The first-order valence-corrected chi connectivity index (χ1v) is 7.35. The van der Waals surface area contributed by atoms with Gasteiger partial charge in [-0.3, -0.25) is 0 Å². The Labute approximate surface area is 120 Å². The molecule has 1 aromatic carbocycles. The standard InChI is InChI=1S/C16H23FO3/c1-2-3-4-13-11-19-16(20-12-13)14-5-7-15(8-6-14)18-10-9-17/h5-8,13,16H,2-4,9-12H2,1H3. The van der Waals surface area contributed by atoms with E-state index in [1.165, 1.54) is 19.3 Å². The number of hydrogen-bond acceptors (Lipinski definition) is 3. The van der Waals surface area contributed by atoms with Gasteiger partial charge in [-0.15, -0.1) is 0 Å². The van der Waals surface area contributed by atoms with Crippen molar-refractivity contribution in [3.8, 4) is 5.75 Å². The molecular weight excluding hydrogens is 259 g/mol. The lowest BCUT2D eigenvalue weighted by Crippen LogP contribution is -2.27. The molecule has 2 rings (SSSR count). The molecule has 1 heterocycles. The minimum Gasteiger partial charge on any atom is -0.491 e. The lowest BCUT2D eigenvalue weighted by Gasteiger charge is -2.29. The molecule has 0 amide bonds. The maximum atomic E-state index is 12.0. The highest BCUT2D eigenvalue weighted by Gasteiger charge is 2.23. The van der Waals surface area contributed by atoms with Gasteiger partial charge in [0, 0.05) is 11.5 Å². The van der Waals surface area contributed by atoms with Crippen LogP contribution >= 0.6 is 0 Å². The summed E-state index contributed by atoms with van der Waals surface area (Å²) in [7, 11) is 0. The van der Waals surface area contributed by atoms with Crippen molar-refractivity contribution >= 4 is 0 Å². The summed E-state index contributed by atoms with van der Waals surface area (Å²) in [4.78, 5) is 0. The number of alkyl halides is 1. The molecule has 0 aromatic heterocycles. The molecule has 0 spiro atoms. The van der Waals surface area contributed by atoms with E-state index in [2.05, 4.69) is 6.92 Å². The predicted molar refractivity (Wildman–Crippen MR) is 75.6 cm³/mol. The summed E-state index contributed by atoms with van der Waals surface area (Å²) in [5.74, 6) is 1.18. The number of hydrogen-bond donors (Lipinski definition) is 0. The Morgan fingerprint density at radius 2 is 1.90 bits per heavy atom. The topological polar surface area (TPSA) is 27.7 Å². The molecular formula is C16H23FO3. The fourth-order valence-electron chi connectivity index (χ4n) is 2.27. The second-order valence-corrected chi connectivity index (χ2v) is 5.11. The highest BCUT2D eigenvalue weighted by atomic mass is 19.1. The monoisotopic (exact) mass is 282 g/mol. The van der Waals surface area contributed by atoms with Gasteiger partial charge in [-0.1, -0.05) is 31.9 Å². The summed E-state index contributed by atoms with van der Waals surface area (Å²) < 4.78 is 28.8. The molecule has 0 aliphatic carbocycles. The van der Waals surface area contributed by atoms with Crippen molar-refractivity contribution in [3.63, 3.8) is 0 Å². The Balaban J connectivity index is 1.81. The molecule has 1 fully saturated rings. The average Bonchev–Trinajstić information content (AvgIpc) is 2.52. The molecule has 1 saturated heterocycles. The maximum absolute atomic E-state index is 12.0. The van der Waals surface area contributed by atoms with Crippen molar-refractivity contribution in [2.45, 2.75) is 32.5 Å². The number of halogens is 1. The van der Waals surface area contributed by atoms with Gasteiger partial charge in [0.1, 0.15) is 19.0 Å². The van der Waals surface area contributed by atoms with Gasteiger partial charge >= 0.3 is 0 Å². The third kappa shape index (κ3) is 4.46. The molecule has 1 aliphatic rings. The first-order chi connectivity index (χ1) is 9.83. The molecule has 112 valence electrons. The van der Waals surface area contributed by atoms with Gasteiger partial charge in [0.15, 0.2) is 6.29 Å². The Hall–Kier alpha value is -1.13. The van der Waals surface area contributed by atoms with Crippen molar-refractivity contribution in [1.29, 1.82) is 0 Å². The zero-order valence-electron chi connectivity index (χ0n) is 12.0. The summed E-state index contributed by atoms with van der Waals surface area (Å²) in [5.41, 5.74) is 0.978. The fraction of sp³-hybridized carbons (Fsp3) is 0.625. The third-order valence-electron chi connectivity index (χ3n) is 3.43. The van der Waals surface area contributed by atoms with Gasteiger partial charge < -0.3 is 14.2 Å². The van der Waals surface area contributed by atoms with E-state index in [0.717, 1.165) is 18.8 Å². The van der Waals surface area contributed by atoms with Gasteiger partial charge in [0.2, 0.25) is 0 Å². The largest absolute Gasteiger partial charge is 0.491 e. The van der Waals surface area contributed by atoms with Crippen LogP contribution in [0, 0.1) is 5.92 Å². The number of benzene rings is 1. The summed E-state index contributed by atoms with van der Waals surface area (Å²) in [6.45, 7) is 3.32. The number of ether oxygens (including phenoxy) is 3. The minimum absolute atomic E-state index is 0.0921. The SMILES string of the molecule is CCCCC1COC(c2ccc(OCCF)cc2)OC1. The second kappa shape index (κ2) is 8.22. The van der Waals surface area contributed by atoms with Crippen LogP contribution in [0.25, 0.3) is 0 Å². The summed E-state index contributed by atoms with van der Waals surface area (Å²) >= 11 is 0. The van der Waals surface area contributed by atoms with E-state index in [1.807, 2.05) is 24.3 Å². The molecule has 20 heavy (non-hydrogen) atoms. The molecule has 0 radical (unpaired) electrons. The zero-order chi connectivity index (χ0) is 14.2. The molecule has 0 N–H and O–H groups in total. The van der Waals surface area contributed by atoms with Gasteiger partial charge in [-0.05, 0) is 18.6 Å². The second-order valence-electron chi connectivity index (χ2n) is 5.11. The van der Waals surface area contributed by atoms with Gasteiger partial charge in [-0.25, -0.2) is 4.39 Å². The average molecular weight is 282 g/mol. The van der Waals surface area contributed by atoms with E-state index in [4.69, 9.17) is 14.2 Å². The molecule has 0 saturated carbocycles. The molecule has 4 heteroatoms. The van der Waals surface area contributed by atoms with E-state index in [1.54, 1.807) is 0 Å². The van der Waals surface area contributed by atoms with Crippen molar-refractivity contribution in [2.24, 2.45) is 5.92 Å². The zero-order valence-corrected chi connectivity index (χ0v) is 12.0. The quantitative estimate of drug-likeness (QED) is 0.759. The van der Waals surface area contributed by atoms with Crippen LogP contribution in [0.15, 0.2) is 24.3 Å². The van der Waals surface area contributed by atoms with Crippen LogP contribution in [0.2, 0.25) is 0 Å². The highest BCUT2D eigenvalue weighted by molar-refractivity contribution is 5.28. The summed E-state index contributed by atoms with van der Waals surface area (Å²) in [6.07, 6.45) is 3.31. The Bertz CT molecular complexity index is 372. The van der Waals surface area contributed by atoms with Crippen LogP contribution in [0.1, 0.15) is 38.0 Å². The maximum Gasteiger partial charge on any atom is 0.183 e.